The van der Waals surface area contributed by atoms with Gasteiger partial charge in [-0.1, -0.05) is 76.9 Å². The van der Waals surface area contributed by atoms with Crippen LogP contribution in [0.2, 0.25) is 10.6 Å². The molecule has 0 aromatic rings. The average molecular weight is 224 g/mol. The molecular formula is C14H29Al. The highest BCUT2D eigenvalue weighted by Gasteiger charge is 2.21. The highest BCUT2D eigenvalue weighted by atomic mass is 27.2. The van der Waals surface area contributed by atoms with Gasteiger partial charge >= 0.3 is 0 Å². The second kappa shape index (κ2) is 7.53. The summed E-state index contributed by atoms with van der Waals surface area (Å²) >= 11 is -0.639. The van der Waals surface area contributed by atoms with E-state index in [1.165, 1.54) is 10.6 Å². The molecule has 0 rings (SSSR count). The van der Waals surface area contributed by atoms with Crippen LogP contribution in [0.5, 0.6) is 0 Å². The maximum absolute atomic E-state index is 2.50. The molecule has 0 nitrogen and oxygen atoms in total. The van der Waals surface area contributed by atoms with Crippen LogP contribution in [0.1, 0.15) is 48.5 Å². The molecule has 0 heterocycles. The van der Waals surface area contributed by atoms with Crippen molar-refractivity contribution in [2.24, 2.45) is 17.8 Å². The molecule has 0 saturated carbocycles. The Kier molecular flexibility index (Phi) is 7.67. The van der Waals surface area contributed by atoms with Crippen molar-refractivity contribution in [2.75, 3.05) is 0 Å². The van der Waals surface area contributed by atoms with Gasteiger partial charge in [0, 0.05) is 0 Å². The highest BCUT2D eigenvalue weighted by molar-refractivity contribution is 6.66. The molecule has 0 atom stereocenters. The molecule has 0 N–H and O–H groups in total. The van der Waals surface area contributed by atoms with Crippen LogP contribution in [0, 0.1) is 17.8 Å². The first kappa shape index (κ1) is 15.3. The van der Waals surface area contributed by atoms with E-state index in [2.05, 4.69) is 54.5 Å². The minimum Gasteiger partial charge on any atom is -0.137 e. The maximum Gasteiger partial charge on any atom is 0.298 e. The van der Waals surface area contributed by atoms with Crippen LogP contribution >= 0.6 is 0 Å². The zero-order chi connectivity index (χ0) is 12.0. The number of allylic oxidation sites excluding steroid dienone is 2. The molecule has 0 amide bonds. The van der Waals surface area contributed by atoms with Crippen LogP contribution in [-0.4, -0.2) is 14.1 Å². The Morgan fingerprint density at radius 1 is 0.933 bits per heavy atom. The lowest BCUT2D eigenvalue weighted by Gasteiger charge is -2.18. The fourth-order valence-electron chi connectivity index (χ4n) is 2.27. The number of hydrogen-bond donors (Lipinski definition) is 0. The van der Waals surface area contributed by atoms with E-state index in [0.29, 0.717) is 0 Å². The lowest BCUT2D eigenvalue weighted by Crippen LogP contribution is -2.20. The molecule has 0 aromatic heterocycles. The average Bonchev–Trinajstić information content (AvgIpc) is 1.99. The van der Waals surface area contributed by atoms with Gasteiger partial charge < -0.3 is 0 Å². The van der Waals surface area contributed by atoms with Crippen LogP contribution in [0.3, 0.4) is 0 Å². The van der Waals surface area contributed by atoms with Gasteiger partial charge in [0.2, 0.25) is 0 Å². The van der Waals surface area contributed by atoms with Crippen molar-refractivity contribution < 1.29 is 0 Å². The van der Waals surface area contributed by atoms with Crippen LogP contribution < -0.4 is 0 Å². The molecule has 88 valence electrons. The summed E-state index contributed by atoms with van der Waals surface area (Å²) in [6.45, 7) is 16.4. The van der Waals surface area contributed by atoms with Gasteiger partial charge in [0.1, 0.15) is 0 Å². The van der Waals surface area contributed by atoms with Crippen molar-refractivity contribution >= 4 is 14.1 Å². The van der Waals surface area contributed by atoms with E-state index in [9.17, 15) is 0 Å². The summed E-state index contributed by atoms with van der Waals surface area (Å²) in [7, 11) is 0. The Morgan fingerprint density at radius 2 is 1.33 bits per heavy atom. The van der Waals surface area contributed by atoms with Gasteiger partial charge in [0.25, 0.3) is 14.1 Å². The Hall–Kier alpha value is 0.272. The zero-order valence-electron chi connectivity index (χ0n) is 11.8. The third kappa shape index (κ3) is 8.12. The van der Waals surface area contributed by atoms with E-state index in [4.69, 9.17) is 0 Å². The van der Waals surface area contributed by atoms with Gasteiger partial charge in [-0.2, -0.15) is 0 Å². The van der Waals surface area contributed by atoms with Crippen molar-refractivity contribution in [3.8, 4) is 0 Å². The summed E-state index contributed by atoms with van der Waals surface area (Å²) in [5.74, 6) is 2.46. The van der Waals surface area contributed by atoms with Crippen molar-refractivity contribution in [1.29, 1.82) is 0 Å². The first-order chi connectivity index (χ1) is 6.82. The second-order valence-electron chi connectivity index (χ2n) is 6.11. The summed E-state index contributed by atoms with van der Waals surface area (Å²) in [5, 5.41) is 2.96. The van der Waals surface area contributed by atoms with Gasteiger partial charge in [0.15, 0.2) is 0 Å². The molecule has 0 saturated heterocycles. The molecule has 0 fully saturated rings. The van der Waals surface area contributed by atoms with E-state index in [0.717, 1.165) is 17.8 Å². The van der Waals surface area contributed by atoms with E-state index in [-0.39, 0.29) is 0 Å². The molecule has 0 aliphatic rings. The van der Waals surface area contributed by atoms with E-state index in [1.807, 2.05) is 0 Å². The molecule has 0 bridgehead atoms. The quantitative estimate of drug-likeness (QED) is 0.561. The molecule has 0 aromatic carbocycles. The van der Waals surface area contributed by atoms with E-state index < -0.39 is 14.1 Å². The zero-order valence-corrected chi connectivity index (χ0v) is 13.0. The Balaban J connectivity index is 4.47. The summed E-state index contributed by atoms with van der Waals surface area (Å²) in [6.07, 6.45) is 2.50. The lowest BCUT2D eigenvalue weighted by molar-refractivity contribution is 0.691. The largest absolute Gasteiger partial charge is 0.298 e. The molecule has 1 heteroatoms. The first-order valence-corrected chi connectivity index (χ1v) is 8.72. The van der Waals surface area contributed by atoms with Gasteiger partial charge in [0.05, 0.1) is 0 Å². The molecular weight excluding hydrogens is 195 g/mol. The summed E-state index contributed by atoms with van der Waals surface area (Å²) in [6, 6.07) is 0. The monoisotopic (exact) mass is 224 g/mol. The van der Waals surface area contributed by atoms with E-state index in [1.54, 1.807) is 4.44 Å². The minimum atomic E-state index is -0.639. The molecule has 0 aliphatic heterocycles. The van der Waals surface area contributed by atoms with Crippen molar-refractivity contribution in [3.63, 3.8) is 0 Å². The Morgan fingerprint density at radius 3 is 1.60 bits per heavy atom. The predicted molar refractivity (Wildman–Crippen MR) is 73.6 cm³/mol. The normalized spacial score (nSPS) is 13.1. The fourth-order valence-corrected chi connectivity index (χ4v) is 6.14. The smallest absolute Gasteiger partial charge is 0.137 e. The molecule has 0 unspecified atom stereocenters. The Bertz CT molecular complexity index is 180. The number of hydrogen-bond acceptors (Lipinski definition) is 0. The van der Waals surface area contributed by atoms with Crippen LogP contribution in [0.25, 0.3) is 0 Å². The maximum atomic E-state index is 2.50. The van der Waals surface area contributed by atoms with Crippen LogP contribution in [-0.2, 0) is 0 Å². The van der Waals surface area contributed by atoms with Gasteiger partial charge in [-0.05, 0) is 5.92 Å². The first-order valence-electron chi connectivity index (χ1n) is 6.51. The predicted octanol–water partition coefficient (Wildman–Crippen LogP) is 4.93. The molecule has 0 spiro atoms. The summed E-state index contributed by atoms with van der Waals surface area (Å²) < 4.78 is 1.74. The van der Waals surface area contributed by atoms with Gasteiger partial charge in [-0.15, -0.1) is 4.44 Å². The molecule has 15 heavy (non-hydrogen) atoms. The summed E-state index contributed by atoms with van der Waals surface area (Å²) in [5.41, 5.74) is 0. The van der Waals surface area contributed by atoms with Crippen LogP contribution in [0.4, 0.5) is 0 Å². The topological polar surface area (TPSA) is 0 Å². The lowest BCUT2D eigenvalue weighted by atomic mass is 10.2. The van der Waals surface area contributed by atoms with Crippen molar-refractivity contribution in [1.82, 2.24) is 0 Å². The second-order valence-corrected chi connectivity index (χ2v) is 9.36. The van der Waals surface area contributed by atoms with Crippen molar-refractivity contribution in [2.45, 2.75) is 59.0 Å². The fraction of sp³-hybridized carbons (Fsp3) is 0.857. The van der Waals surface area contributed by atoms with Crippen LogP contribution in [0.15, 0.2) is 10.5 Å². The van der Waals surface area contributed by atoms with E-state index >= 15 is 0 Å². The minimum absolute atomic E-state index is 0.639. The van der Waals surface area contributed by atoms with Gasteiger partial charge in [-0.3, -0.25) is 0 Å². The van der Waals surface area contributed by atoms with Crippen molar-refractivity contribution in [3.05, 3.63) is 10.5 Å². The van der Waals surface area contributed by atoms with Gasteiger partial charge in [-0.25, -0.2) is 0 Å². The third-order valence-electron chi connectivity index (χ3n) is 2.75. The Labute approximate surface area is 102 Å². The summed E-state index contributed by atoms with van der Waals surface area (Å²) in [4.78, 5) is 0. The molecule has 0 radical (unpaired) electrons. The molecule has 0 aliphatic carbocycles. The highest BCUT2D eigenvalue weighted by Crippen LogP contribution is 2.21. The SMILES string of the molecule is C/[C](=C/C(C)C)[Al]([CH2]C(C)C)[CH2]C(C)C. The number of rotatable bonds is 6. The standard InChI is InChI=1S/C6H11.2C4H9.Al/c1-4-5-6(2)3;2*1-4(2)3;/h5-6H,1-3H3;2*4H,1H2,2-3H3;. The third-order valence-corrected chi connectivity index (χ3v) is 7.26.